The van der Waals surface area contributed by atoms with Gasteiger partial charge in [-0.05, 0) is 24.8 Å². The number of ether oxygens (including phenoxy) is 1. The highest BCUT2D eigenvalue weighted by Crippen LogP contribution is 2.43. The van der Waals surface area contributed by atoms with Crippen molar-refractivity contribution in [2.75, 3.05) is 33.3 Å². The van der Waals surface area contributed by atoms with Gasteiger partial charge in [0.25, 0.3) is 0 Å². The first-order chi connectivity index (χ1) is 14.3. The van der Waals surface area contributed by atoms with Gasteiger partial charge in [0.1, 0.15) is 6.04 Å². The van der Waals surface area contributed by atoms with E-state index in [0.717, 1.165) is 24.2 Å². The second-order valence-corrected chi connectivity index (χ2v) is 8.71. The molecule has 0 aromatic heterocycles. The maximum atomic E-state index is 13.4. The Morgan fingerprint density at radius 1 is 1.13 bits per heavy atom. The van der Waals surface area contributed by atoms with Crippen molar-refractivity contribution in [3.05, 3.63) is 35.4 Å². The molecule has 30 heavy (non-hydrogen) atoms. The third-order valence-corrected chi connectivity index (χ3v) is 6.00. The molecule has 164 valence electrons. The number of nitrogens with one attached hydrogen (secondary N) is 1. The maximum absolute atomic E-state index is 13.4. The van der Waals surface area contributed by atoms with Crippen LogP contribution in [-0.2, 0) is 19.1 Å². The SMILES string of the molecule is COC(=O)C1CC(C(=O)N2CCNCC2)N(C(=O)CC(C)C)C1c1ccc(C)cc1. The molecule has 0 spiro atoms. The zero-order chi connectivity index (χ0) is 21.8. The van der Waals surface area contributed by atoms with Crippen molar-refractivity contribution in [3.63, 3.8) is 0 Å². The molecule has 2 amide bonds. The number of piperazine rings is 1. The Balaban J connectivity index is 2.01. The summed E-state index contributed by atoms with van der Waals surface area (Å²) in [5.74, 6) is -0.944. The molecule has 2 aliphatic heterocycles. The fourth-order valence-corrected chi connectivity index (χ4v) is 4.50. The summed E-state index contributed by atoms with van der Waals surface area (Å²) in [6.45, 7) is 8.66. The molecule has 0 radical (unpaired) electrons. The number of hydrogen-bond donors (Lipinski definition) is 1. The monoisotopic (exact) mass is 415 g/mol. The number of carbonyl (C=O) groups excluding carboxylic acids is 3. The minimum Gasteiger partial charge on any atom is -0.469 e. The van der Waals surface area contributed by atoms with Crippen molar-refractivity contribution < 1.29 is 19.1 Å². The van der Waals surface area contributed by atoms with Gasteiger partial charge in [0.2, 0.25) is 11.8 Å². The van der Waals surface area contributed by atoms with E-state index in [2.05, 4.69) is 5.32 Å². The average Bonchev–Trinajstić information content (AvgIpc) is 3.14. The lowest BCUT2D eigenvalue weighted by Crippen LogP contribution is -2.53. The minimum absolute atomic E-state index is 0.0721. The number of nitrogens with zero attached hydrogens (tertiary/aromatic N) is 2. The van der Waals surface area contributed by atoms with E-state index in [4.69, 9.17) is 4.74 Å². The van der Waals surface area contributed by atoms with E-state index in [1.54, 1.807) is 4.90 Å². The summed E-state index contributed by atoms with van der Waals surface area (Å²) in [5, 5.41) is 3.25. The Morgan fingerprint density at radius 2 is 1.77 bits per heavy atom. The van der Waals surface area contributed by atoms with Crippen LogP contribution in [0.5, 0.6) is 0 Å². The highest BCUT2D eigenvalue weighted by molar-refractivity contribution is 5.91. The Labute approximate surface area is 178 Å². The van der Waals surface area contributed by atoms with Crippen LogP contribution in [0.25, 0.3) is 0 Å². The van der Waals surface area contributed by atoms with Gasteiger partial charge in [-0.25, -0.2) is 0 Å². The minimum atomic E-state index is -0.648. The predicted molar refractivity (Wildman–Crippen MR) is 114 cm³/mol. The van der Waals surface area contributed by atoms with E-state index in [1.807, 2.05) is 49.9 Å². The van der Waals surface area contributed by atoms with Crippen molar-refractivity contribution in [2.45, 2.75) is 45.7 Å². The standard InChI is InChI=1S/C23H33N3O4/c1-15(2)13-20(27)26-19(22(28)25-11-9-24-10-12-25)14-18(23(29)30-4)21(26)17-7-5-16(3)6-8-17/h5-8,15,18-19,21,24H,9-14H2,1-4H3. The fourth-order valence-electron chi connectivity index (χ4n) is 4.50. The quantitative estimate of drug-likeness (QED) is 0.743. The first-order valence-corrected chi connectivity index (χ1v) is 10.8. The van der Waals surface area contributed by atoms with Gasteiger partial charge in [0.05, 0.1) is 19.1 Å². The van der Waals surface area contributed by atoms with Crippen LogP contribution in [-0.4, -0.2) is 66.9 Å². The number of methoxy groups -OCH3 is 1. The molecule has 1 aromatic rings. The summed E-state index contributed by atoms with van der Waals surface area (Å²) in [6.07, 6.45) is 0.624. The normalized spacial score (nSPS) is 24.2. The van der Waals surface area contributed by atoms with E-state index >= 15 is 0 Å². The number of likely N-dealkylation sites (tertiary alicyclic amines) is 1. The molecule has 1 N–H and O–H groups in total. The van der Waals surface area contributed by atoms with Crippen LogP contribution >= 0.6 is 0 Å². The molecule has 2 fully saturated rings. The number of rotatable bonds is 5. The van der Waals surface area contributed by atoms with Gasteiger partial charge in [-0.15, -0.1) is 0 Å². The van der Waals surface area contributed by atoms with Crippen molar-refractivity contribution in [2.24, 2.45) is 11.8 Å². The topological polar surface area (TPSA) is 79.0 Å². The molecule has 7 nitrogen and oxygen atoms in total. The van der Waals surface area contributed by atoms with Crippen LogP contribution in [0.4, 0.5) is 0 Å². The number of benzene rings is 1. The Hall–Kier alpha value is -2.41. The molecule has 7 heteroatoms. The number of amides is 2. The summed E-state index contributed by atoms with van der Waals surface area (Å²) in [7, 11) is 1.36. The lowest BCUT2D eigenvalue weighted by atomic mass is 9.92. The Kier molecular flexibility index (Phi) is 7.13. The smallest absolute Gasteiger partial charge is 0.311 e. The van der Waals surface area contributed by atoms with E-state index in [-0.39, 0.29) is 30.1 Å². The molecule has 0 aliphatic carbocycles. The molecule has 3 rings (SSSR count). The van der Waals surface area contributed by atoms with E-state index < -0.39 is 18.0 Å². The number of aryl methyl sites for hydroxylation is 1. The van der Waals surface area contributed by atoms with E-state index in [1.165, 1.54) is 7.11 Å². The largest absolute Gasteiger partial charge is 0.469 e. The fraction of sp³-hybridized carbons (Fsp3) is 0.609. The van der Waals surface area contributed by atoms with Crippen LogP contribution in [0.15, 0.2) is 24.3 Å². The molecule has 3 atom stereocenters. The molecule has 0 saturated carbocycles. The van der Waals surface area contributed by atoms with Crippen molar-refractivity contribution in [1.29, 1.82) is 0 Å². The molecule has 0 bridgehead atoms. The van der Waals surface area contributed by atoms with Gasteiger partial charge >= 0.3 is 5.97 Å². The molecule has 3 unspecified atom stereocenters. The van der Waals surface area contributed by atoms with Gasteiger partial charge < -0.3 is 19.9 Å². The van der Waals surface area contributed by atoms with Crippen LogP contribution in [0.2, 0.25) is 0 Å². The van der Waals surface area contributed by atoms with E-state index in [9.17, 15) is 14.4 Å². The first kappa shape index (κ1) is 22.3. The average molecular weight is 416 g/mol. The number of hydrogen-bond acceptors (Lipinski definition) is 5. The van der Waals surface area contributed by atoms with Crippen LogP contribution in [0.3, 0.4) is 0 Å². The Morgan fingerprint density at radius 3 is 2.33 bits per heavy atom. The molecular formula is C23H33N3O4. The first-order valence-electron chi connectivity index (χ1n) is 10.8. The predicted octanol–water partition coefficient (Wildman–Crippen LogP) is 1.90. The lowest BCUT2D eigenvalue weighted by molar-refractivity contribution is -0.148. The van der Waals surface area contributed by atoms with Crippen molar-refractivity contribution in [3.8, 4) is 0 Å². The molecule has 2 saturated heterocycles. The van der Waals surface area contributed by atoms with Crippen LogP contribution < -0.4 is 5.32 Å². The van der Waals surface area contributed by atoms with Gasteiger partial charge in [-0.1, -0.05) is 43.7 Å². The summed E-state index contributed by atoms with van der Waals surface area (Å²) in [4.78, 5) is 43.0. The molecule has 2 aliphatic rings. The summed E-state index contributed by atoms with van der Waals surface area (Å²) in [5.41, 5.74) is 1.96. The lowest BCUT2D eigenvalue weighted by Gasteiger charge is -2.35. The summed E-state index contributed by atoms with van der Waals surface area (Å²) >= 11 is 0. The van der Waals surface area contributed by atoms with Crippen LogP contribution in [0, 0.1) is 18.8 Å². The van der Waals surface area contributed by atoms with E-state index in [0.29, 0.717) is 19.5 Å². The second-order valence-electron chi connectivity index (χ2n) is 8.71. The molecular weight excluding hydrogens is 382 g/mol. The zero-order valence-corrected chi connectivity index (χ0v) is 18.4. The van der Waals surface area contributed by atoms with Gasteiger partial charge in [0.15, 0.2) is 0 Å². The highest BCUT2D eigenvalue weighted by Gasteiger charge is 2.51. The number of esters is 1. The highest BCUT2D eigenvalue weighted by atomic mass is 16.5. The molecule has 2 heterocycles. The summed E-state index contributed by atoms with van der Waals surface area (Å²) < 4.78 is 5.08. The zero-order valence-electron chi connectivity index (χ0n) is 18.4. The Bertz CT molecular complexity index is 771. The second kappa shape index (κ2) is 9.60. The number of carbonyl (C=O) groups is 3. The van der Waals surface area contributed by atoms with Gasteiger partial charge in [-0.3, -0.25) is 14.4 Å². The van der Waals surface area contributed by atoms with Crippen LogP contribution in [0.1, 0.15) is 43.9 Å². The molecule has 1 aromatic carbocycles. The van der Waals surface area contributed by atoms with Crippen molar-refractivity contribution in [1.82, 2.24) is 15.1 Å². The third-order valence-electron chi connectivity index (χ3n) is 6.00. The maximum Gasteiger partial charge on any atom is 0.311 e. The third kappa shape index (κ3) is 4.67. The van der Waals surface area contributed by atoms with Crippen molar-refractivity contribution >= 4 is 17.8 Å². The van der Waals surface area contributed by atoms with Gasteiger partial charge in [0, 0.05) is 32.6 Å². The summed E-state index contributed by atoms with van der Waals surface area (Å²) in [6, 6.07) is 6.69. The van der Waals surface area contributed by atoms with Gasteiger partial charge in [-0.2, -0.15) is 0 Å².